The van der Waals surface area contributed by atoms with Crippen LogP contribution in [-0.4, -0.2) is 37.8 Å². The lowest BCUT2D eigenvalue weighted by atomic mass is 9.93. The van der Waals surface area contributed by atoms with E-state index >= 15 is 0 Å². The molecule has 0 saturated carbocycles. The van der Waals surface area contributed by atoms with Gasteiger partial charge in [-0.1, -0.05) is 0 Å². The molecular formula is C23H17F4N5O2. The zero-order valence-electron chi connectivity index (χ0n) is 17.5. The molecular weight excluding hydrogens is 454 g/mol. The summed E-state index contributed by atoms with van der Waals surface area (Å²) in [5.41, 5.74) is 7.00. The number of nitrogen functional groups attached to an aromatic ring is 1. The fourth-order valence-corrected chi connectivity index (χ4v) is 4.94. The number of hydrogen-bond acceptors (Lipinski definition) is 5. The molecule has 6 rings (SSSR count). The maximum Gasteiger partial charge on any atom is 0.419 e. The Hall–Kier alpha value is -3.89. The first kappa shape index (κ1) is 20.7. The Bertz CT molecular complexity index is 1480. The SMILES string of the molecule is Nc1nc2ccc(C(=O)N3CCC[C@@H]4Oc5cc(C(F)(F)F)c(F)cc5[C@@H]43)cc2n2cncc12. The van der Waals surface area contributed by atoms with Crippen LogP contribution in [0.2, 0.25) is 0 Å². The molecule has 2 N–H and O–H groups in total. The summed E-state index contributed by atoms with van der Waals surface area (Å²) in [6.45, 7) is 0.365. The minimum absolute atomic E-state index is 0.0401. The van der Waals surface area contributed by atoms with Gasteiger partial charge in [0.05, 0.1) is 35.2 Å². The van der Waals surface area contributed by atoms with Gasteiger partial charge in [-0.25, -0.2) is 14.4 Å². The molecule has 7 nitrogen and oxygen atoms in total. The first-order valence-electron chi connectivity index (χ1n) is 10.6. The van der Waals surface area contributed by atoms with E-state index in [1.807, 2.05) is 0 Å². The summed E-state index contributed by atoms with van der Waals surface area (Å²) >= 11 is 0. The Morgan fingerprint density at radius 2 is 2.00 bits per heavy atom. The maximum atomic E-state index is 14.4. The van der Waals surface area contributed by atoms with Gasteiger partial charge < -0.3 is 15.4 Å². The van der Waals surface area contributed by atoms with Gasteiger partial charge in [-0.3, -0.25) is 9.20 Å². The van der Waals surface area contributed by atoms with Crippen LogP contribution in [0.25, 0.3) is 16.6 Å². The lowest BCUT2D eigenvalue weighted by molar-refractivity contribution is -0.140. The van der Waals surface area contributed by atoms with Crippen LogP contribution in [0.4, 0.5) is 23.4 Å². The molecule has 2 aliphatic heterocycles. The van der Waals surface area contributed by atoms with Crippen molar-refractivity contribution in [3.8, 4) is 5.75 Å². The Kier molecular flexibility index (Phi) is 4.29. The van der Waals surface area contributed by atoms with Gasteiger partial charge in [0.25, 0.3) is 5.91 Å². The summed E-state index contributed by atoms with van der Waals surface area (Å²) in [6.07, 6.45) is -1.09. The second-order valence-corrected chi connectivity index (χ2v) is 8.46. The number of halogens is 4. The molecule has 0 radical (unpaired) electrons. The lowest BCUT2D eigenvalue weighted by Crippen LogP contribution is -2.44. The number of carbonyl (C=O) groups excluding carboxylic acids is 1. The molecule has 1 amide bonds. The summed E-state index contributed by atoms with van der Waals surface area (Å²) < 4.78 is 61.4. The number of hydrogen-bond donors (Lipinski definition) is 1. The number of piperidine rings is 1. The van der Waals surface area contributed by atoms with E-state index in [9.17, 15) is 22.4 Å². The molecule has 2 aliphatic rings. The summed E-state index contributed by atoms with van der Waals surface area (Å²) in [5.74, 6) is -1.45. The number of fused-ring (bicyclic) bond motifs is 6. The normalized spacial score (nSPS) is 19.8. The fourth-order valence-electron chi connectivity index (χ4n) is 4.94. The second-order valence-electron chi connectivity index (χ2n) is 8.46. The number of benzene rings is 2. The van der Waals surface area contributed by atoms with Crippen molar-refractivity contribution in [2.24, 2.45) is 0 Å². The minimum Gasteiger partial charge on any atom is -0.488 e. The molecule has 2 aromatic carbocycles. The molecule has 174 valence electrons. The minimum atomic E-state index is -4.84. The van der Waals surface area contributed by atoms with E-state index in [0.29, 0.717) is 53.4 Å². The van der Waals surface area contributed by atoms with Crippen molar-refractivity contribution in [1.29, 1.82) is 0 Å². The molecule has 4 heterocycles. The first-order valence-corrected chi connectivity index (χ1v) is 10.6. The highest BCUT2D eigenvalue weighted by Crippen LogP contribution is 2.47. The van der Waals surface area contributed by atoms with Crippen LogP contribution in [-0.2, 0) is 6.18 Å². The highest BCUT2D eigenvalue weighted by atomic mass is 19.4. The standard InChI is InChI=1S/C23H17F4N5O2/c24-14-7-12-19(8-13(14)23(25,26)27)34-18-2-1-5-31(20(12)18)22(33)11-3-4-15-16(6-11)32-10-29-9-17(32)21(28)30-15/h3-4,6-10,18,20H,1-2,5H2,(H2,28,30)/t18-,20-/m0/s1. The topological polar surface area (TPSA) is 85.8 Å². The van der Waals surface area contributed by atoms with Crippen LogP contribution >= 0.6 is 0 Å². The van der Waals surface area contributed by atoms with Gasteiger partial charge in [0, 0.05) is 17.7 Å². The maximum absolute atomic E-state index is 14.4. The van der Waals surface area contributed by atoms with Crippen molar-refractivity contribution >= 4 is 28.3 Å². The van der Waals surface area contributed by atoms with Crippen LogP contribution in [0.15, 0.2) is 42.9 Å². The quantitative estimate of drug-likeness (QED) is 0.417. The van der Waals surface area contributed by atoms with E-state index in [0.717, 1.165) is 6.07 Å². The van der Waals surface area contributed by atoms with Crippen LogP contribution in [0.5, 0.6) is 5.75 Å². The average molecular weight is 471 g/mol. The zero-order chi connectivity index (χ0) is 23.8. The van der Waals surface area contributed by atoms with E-state index in [4.69, 9.17) is 10.5 Å². The predicted molar refractivity (Wildman–Crippen MR) is 114 cm³/mol. The molecule has 0 bridgehead atoms. The summed E-state index contributed by atoms with van der Waals surface area (Å²) in [7, 11) is 0. The lowest BCUT2D eigenvalue weighted by Gasteiger charge is -2.36. The number of carbonyl (C=O) groups is 1. The third-order valence-electron chi connectivity index (χ3n) is 6.46. The van der Waals surface area contributed by atoms with Gasteiger partial charge in [-0.15, -0.1) is 0 Å². The number of anilines is 1. The van der Waals surface area contributed by atoms with E-state index < -0.39 is 29.7 Å². The highest BCUT2D eigenvalue weighted by molar-refractivity contribution is 5.98. The molecule has 11 heteroatoms. The highest BCUT2D eigenvalue weighted by Gasteiger charge is 2.45. The van der Waals surface area contributed by atoms with E-state index in [1.54, 1.807) is 40.0 Å². The Morgan fingerprint density at radius 3 is 2.79 bits per heavy atom. The van der Waals surface area contributed by atoms with Crippen molar-refractivity contribution in [2.75, 3.05) is 12.3 Å². The number of rotatable bonds is 1. The van der Waals surface area contributed by atoms with E-state index in [-0.39, 0.29) is 17.2 Å². The van der Waals surface area contributed by atoms with Gasteiger partial charge in [0.15, 0.2) is 0 Å². The Labute approximate surface area is 189 Å². The molecule has 0 spiro atoms. The second kappa shape index (κ2) is 7.05. The zero-order valence-corrected chi connectivity index (χ0v) is 17.5. The largest absolute Gasteiger partial charge is 0.488 e. The third-order valence-corrected chi connectivity index (χ3v) is 6.46. The molecule has 34 heavy (non-hydrogen) atoms. The average Bonchev–Trinajstić information content (AvgIpc) is 3.42. The number of alkyl halides is 3. The van der Waals surface area contributed by atoms with E-state index in [1.165, 1.54) is 0 Å². The van der Waals surface area contributed by atoms with Crippen LogP contribution in [0, 0.1) is 5.82 Å². The number of nitrogens with zero attached hydrogens (tertiary/aromatic N) is 4. The van der Waals surface area contributed by atoms with Crippen molar-refractivity contribution in [2.45, 2.75) is 31.2 Å². The Morgan fingerprint density at radius 1 is 1.18 bits per heavy atom. The Balaban J connectivity index is 1.41. The van der Waals surface area contributed by atoms with Crippen LogP contribution in [0.3, 0.4) is 0 Å². The van der Waals surface area contributed by atoms with Crippen molar-refractivity contribution in [1.82, 2.24) is 19.3 Å². The number of nitrogens with two attached hydrogens (primary N) is 1. The fraction of sp³-hybridized carbons (Fsp3) is 0.261. The molecule has 4 aromatic rings. The monoisotopic (exact) mass is 471 g/mol. The van der Waals surface area contributed by atoms with Gasteiger partial charge in [0.1, 0.15) is 29.0 Å². The summed E-state index contributed by atoms with van der Waals surface area (Å²) in [4.78, 5) is 23.6. The number of amides is 1. The summed E-state index contributed by atoms with van der Waals surface area (Å²) in [5, 5.41) is 0. The molecule has 1 saturated heterocycles. The van der Waals surface area contributed by atoms with Crippen LogP contribution < -0.4 is 10.5 Å². The molecule has 0 aliphatic carbocycles. The summed E-state index contributed by atoms with van der Waals surface area (Å²) in [6, 6.07) is 5.82. The number of likely N-dealkylation sites (tertiary alicyclic amines) is 1. The third kappa shape index (κ3) is 2.99. The molecule has 2 atom stereocenters. The smallest absolute Gasteiger partial charge is 0.419 e. The number of aromatic nitrogens is 3. The van der Waals surface area contributed by atoms with Crippen molar-refractivity contribution in [3.63, 3.8) is 0 Å². The number of ether oxygens (including phenoxy) is 1. The first-order chi connectivity index (χ1) is 16.2. The molecule has 1 fully saturated rings. The predicted octanol–water partition coefficient (Wildman–Crippen LogP) is 4.36. The molecule has 0 unspecified atom stereocenters. The van der Waals surface area contributed by atoms with E-state index in [2.05, 4.69) is 9.97 Å². The van der Waals surface area contributed by atoms with Crippen LogP contribution in [0.1, 0.15) is 40.4 Å². The van der Waals surface area contributed by atoms with Gasteiger partial charge >= 0.3 is 6.18 Å². The van der Waals surface area contributed by atoms with Gasteiger partial charge in [-0.05, 0) is 43.2 Å². The van der Waals surface area contributed by atoms with Crippen molar-refractivity contribution < 1.29 is 27.1 Å². The van der Waals surface area contributed by atoms with Gasteiger partial charge in [0.2, 0.25) is 0 Å². The van der Waals surface area contributed by atoms with Crippen molar-refractivity contribution in [3.05, 3.63) is 65.4 Å². The number of imidazole rings is 1. The van der Waals surface area contributed by atoms with Gasteiger partial charge in [-0.2, -0.15) is 13.2 Å². The molecule has 2 aromatic heterocycles.